The minimum Gasteiger partial charge on any atom is -0.303 e. The van der Waals surface area contributed by atoms with Crippen molar-refractivity contribution in [2.24, 2.45) is 0 Å². The summed E-state index contributed by atoms with van der Waals surface area (Å²) in [7, 11) is 0. The number of halogens is 1. The minimum absolute atomic E-state index is 0.0760. The molecule has 0 aliphatic heterocycles. The monoisotopic (exact) mass is 296 g/mol. The molecule has 1 aromatic rings. The van der Waals surface area contributed by atoms with E-state index < -0.39 is 0 Å². The van der Waals surface area contributed by atoms with Gasteiger partial charge >= 0.3 is 0 Å². The first-order valence-electron chi connectivity index (χ1n) is 5.00. The number of benzene rings is 1. The molecular formula is C12H13BrN2O2. The van der Waals surface area contributed by atoms with Crippen molar-refractivity contribution in [3.05, 3.63) is 46.1 Å². The molecule has 0 aromatic heterocycles. The van der Waals surface area contributed by atoms with Crippen LogP contribution in [0.25, 0.3) is 0 Å². The van der Waals surface area contributed by atoms with Gasteiger partial charge in [0, 0.05) is 21.8 Å². The van der Waals surface area contributed by atoms with Crippen LogP contribution in [0, 0.1) is 0 Å². The Labute approximate surface area is 108 Å². The number of nitrogens with one attached hydrogen (secondary N) is 2. The molecule has 0 bridgehead atoms. The Hall–Kier alpha value is -1.62. The van der Waals surface area contributed by atoms with Crippen molar-refractivity contribution < 1.29 is 9.59 Å². The average molecular weight is 297 g/mol. The van der Waals surface area contributed by atoms with Gasteiger partial charge in [0.15, 0.2) is 5.78 Å². The van der Waals surface area contributed by atoms with Crippen LogP contribution in [0.2, 0.25) is 0 Å². The second-order valence-corrected chi connectivity index (χ2v) is 4.44. The quantitative estimate of drug-likeness (QED) is 0.661. The van der Waals surface area contributed by atoms with Crippen molar-refractivity contribution in [3.63, 3.8) is 0 Å². The summed E-state index contributed by atoms with van der Waals surface area (Å²) in [6.45, 7) is 3.14. The number of carbonyl (C=O) groups excluding carboxylic acids is 2. The molecule has 0 saturated heterocycles. The predicted molar refractivity (Wildman–Crippen MR) is 69.2 cm³/mol. The van der Waals surface area contributed by atoms with E-state index in [2.05, 4.69) is 26.8 Å². The van der Waals surface area contributed by atoms with Gasteiger partial charge in [0.2, 0.25) is 0 Å². The van der Waals surface area contributed by atoms with Crippen LogP contribution in [0.15, 0.2) is 40.5 Å². The fraction of sp³-hybridized carbons (Fsp3) is 0.167. The lowest BCUT2D eigenvalue weighted by Crippen LogP contribution is -2.36. The molecule has 2 N–H and O–H groups in total. The zero-order valence-electron chi connectivity index (χ0n) is 9.58. The van der Waals surface area contributed by atoms with Gasteiger partial charge < -0.3 is 5.43 Å². The van der Waals surface area contributed by atoms with E-state index in [-0.39, 0.29) is 11.7 Å². The Bertz CT molecular complexity index is 452. The molecule has 0 atom stereocenters. The third-order valence-corrected chi connectivity index (χ3v) is 2.43. The van der Waals surface area contributed by atoms with Crippen LogP contribution in [0.1, 0.15) is 24.2 Å². The maximum absolute atomic E-state index is 11.6. The second-order valence-electron chi connectivity index (χ2n) is 3.52. The van der Waals surface area contributed by atoms with Gasteiger partial charge in [0.1, 0.15) is 0 Å². The van der Waals surface area contributed by atoms with E-state index in [1.54, 1.807) is 31.2 Å². The van der Waals surface area contributed by atoms with Gasteiger partial charge in [-0.05, 0) is 38.1 Å². The number of amides is 1. The maximum atomic E-state index is 11.6. The highest BCUT2D eigenvalue weighted by Crippen LogP contribution is 2.10. The Balaban J connectivity index is 2.56. The molecule has 17 heavy (non-hydrogen) atoms. The molecule has 90 valence electrons. The predicted octanol–water partition coefficient (Wildman–Crippen LogP) is 2.18. The Morgan fingerprint density at radius 3 is 2.24 bits per heavy atom. The van der Waals surface area contributed by atoms with Crippen molar-refractivity contribution in [1.29, 1.82) is 0 Å². The van der Waals surface area contributed by atoms with Crippen LogP contribution in [0.3, 0.4) is 0 Å². The van der Waals surface area contributed by atoms with Crippen LogP contribution in [0.5, 0.6) is 0 Å². The van der Waals surface area contributed by atoms with Crippen LogP contribution in [-0.4, -0.2) is 11.7 Å². The van der Waals surface area contributed by atoms with Crippen LogP contribution in [0.4, 0.5) is 0 Å². The molecular weight excluding hydrogens is 284 g/mol. The summed E-state index contributed by atoms with van der Waals surface area (Å²) < 4.78 is 0.912. The number of rotatable bonds is 4. The third-order valence-electron chi connectivity index (χ3n) is 1.90. The first kappa shape index (κ1) is 13.4. The van der Waals surface area contributed by atoms with Gasteiger partial charge in [-0.2, -0.15) is 0 Å². The summed E-state index contributed by atoms with van der Waals surface area (Å²) >= 11 is 3.29. The Morgan fingerprint density at radius 2 is 1.71 bits per heavy atom. The van der Waals surface area contributed by atoms with Crippen molar-refractivity contribution in [2.75, 3.05) is 0 Å². The fourth-order valence-electron chi connectivity index (χ4n) is 1.17. The van der Waals surface area contributed by atoms with E-state index in [0.717, 1.165) is 4.47 Å². The lowest BCUT2D eigenvalue weighted by Gasteiger charge is -2.08. The number of hydrazine groups is 1. The molecule has 0 unspecified atom stereocenters. The van der Waals surface area contributed by atoms with Crippen LogP contribution in [-0.2, 0) is 4.79 Å². The first-order valence-corrected chi connectivity index (χ1v) is 5.79. The van der Waals surface area contributed by atoms with E-state index in [0.29, 0.717) is 11.3 Å². The van der Waals surface area contributed by atoms with E-state index in [9.17, 15) is 9.59 Å². The van der Waals surface area contributed by atoms with Crippen LogP contribution >= 0.6 is 15.9 Å². The highest BCUT2D eigenvalue weighted by molar-refractivity contribution is 9.10. The molecule has 0 spiro atoms. The van der Waals surface area contributed by atoms with Crippen molar-refractivity contribution in [3.8, 4) is 0 Å². The van der Waals surface area contributed by atoms with E-state index in [1.807, 2.05) is 0 Å². The molecule has 0 aliphatic carbocycles. The summed E-state index contributed by atoms with van der Waals surface area (Å²) in [5, 5.41) is 0. The molecule has 1 amide bonds. The number of hydrogen-bond acceptors (Lipinski definition) is 3. The average Bonchev–Trinajstić information content (AvgIpc) is 2.26. The minimum atomic E-state index is -0.256. The first-order chi connectivity index (χ1) is 7.99. The summed E-state index contributed by atoms with van der Waals surface area (Å²) in [6, 6.07) is 6.97. The molecule has 0 saturated carbocycles. The summed E-state index contributed by atoms with van der Waals surface area (Å²) in [5.74, 6) is -0.332. The van der Waals surface area contributed by atoms with Gasteiger partial charge in [0.25, 0.3) is 5.91 Å². The fourth-order valence-corrected chi connectivity index (χ4v) is 1.43. The molecule has 4 nitrogen and oxygen atoms in total. The van der Waals surface area contributed by atoms with Crippen LogP contribution < -0.4 is 10.9 Å². The van der Waals surface area contributed by atoms with Gasteiger partial charge in [0.05, 0.1) is 0 Å². The van der Waals surface area contributed by atoms with Crippen molar-refractivity contribution >= 4 is 27.6 Å². The van der Waals surface area contributed by atoms with E-state index >= 15 is 0 Å². The molecule has 0 heterocycles. The number of carbonyl (C=O) groups is 2. The smallest absolute Gasteiger partial charge is 0.269 e. The molecule has 5 heteroatoms. The number of allylic oxidation sites excluding steroid dienone is 2. The lowest BCUT2D eigenvalue weighted by molar-refractivity contribution is -0.112. The zero-order chi connectivity index (χ0) is 12.8. The molecule has 0 radical (unpaired) electrons. The highest BCUT2D eigenvalue weighted by atomic mass is 79.9. The molecule has 0 fully saturated rings. The molecule has 0 aliphatic rings. The lowest BCUT2D eigenvalue weighted by atomic mass is 10.2. The van der Waals surface area contributed by atoms with Gasteiger partial charge in [-0.15, -0.1) is 0 Å². The highest BCUT2D eigenvalue weighted by Gasteiger charge is 2.03. The summed E-state index contributed by atoms with van der Waals surface area (Å²) in [5.41, 5.74) is 6.28. The van der Waals surface area contributed by atoms with Gasteiger partial charge in [-0.1, -0.05) is 15.9 Å². The van der Waals surface area contributed by atoms with E-state index in [4.69, 9.17) is 0 Å². The number of ketones is 1. The standard InChI is InChI=1S/C12H13BrN2O2/c1-8(7-9(2)16)14-15-12(17)10-3-5-11(13)6-4-10/h3-7,14H,1-2H3,(H,15,17). The molecule has 1 rings (SSSR count). The van der Waals surface area contributed by atoms with Gasteiger partial charge in [-0.25, -0.2) is 0 Å². The van der Waals surface area contributed by atoms with Gasteiger partial charge in [-0.3, -0.25) is 15.0 Å². The van der Waals surface area contributed by atoms with Crippen molar-refractivity contribution in [1.82, 2.24) is 10.9 Å². The normalized spacial score (nSPS) is 10.9. The second kappa shape index (κ2) is 6.20. The zero-order valence-corrected chi connectivity index (χ0v) is 11.2. The maximum Gasteiger partial charge on any atom is 0.269 e. The Kier molecular flexibility index (Phi) is 4.90. The SMILES string of the molecule is CC(=O)C=C(C)NNC(=O)c1ccc(Br)cc1. The Morgan fingerprint density at radius 1 is 1.12 bits per heavy atom. The largest absolute Gasteiger partial charge is 0.303 e. The summed E-state index contributed by atoms with van der Waals surface area (Å²) in [6.07, 6.45) is 1.40. The van der Waals surface area contributed by atoms with E-state index in [1.165, 1.54) is 13.0 Å². The summed E-state index contributed by atoms with van der Waals surface area (Å²) in [4.78, 5) is 22.4. The topological polar surface area (TPSA) is 58.2 Å². The number of hydrogen-bond donors (Lipinski definition) is 2. The third kappa shape index (κ3) is 4.82. The molecule has 1 aromatic carbocycles. The van der Waals surface area contributed by atoms with Crippen molar-refractivity contribution in [2.45, 2.75) is 13.8 Å².